The molecule has 1 aliphatic rings. The third-order valence-corrected chi connectivity index (χ3v) is 3.14. The highest BCUT2D eigenvalue weighted by Crippen LogP contribution is 2.30. The van der Waals surface area contributed by atoms with Gasteiger partial charge in [-0.1, -0.05) is 57.0 Å². The third kappa shape index (κ3) is 2.50. The lowest BCUT2D eigenvalue weighted by Gasteiger charge is -2.30. The molecule has 1 N–H and O–H groups in total. The molecule has 0 spiro atoms. The van der Waals surface area contributed by atoms with E-state index in [9.17, 15) is 9.90 Å². The summed E-state index contributed by atoms with van der Waals surface area (Å²) in [4.78, 5) is 12.1. The van der Waals surface area contributed by atoms with E-state index in [0.29, 0.717) is 18.4 Å². The van der Waals surface area contributed by atoms with Gasteiger partial charge in [0.2, 0.25) is 0 Å². The molecule has 0 saturated heterocycles. The van der Waals surface area contributed by atoms with Crippen molar-refractivity contribution in [2.75, 3.05) is 0 Å². The molecule has 0 unspecified atom stereocenters. The number of carbonyl (C=O) groups is 1. The number of hydrogen-bond acceptors (Lipinski definition) is 2. The minimum Gasteiger partial charge on any atom is -0.382 e. The lowest BCUT2D eigenvalue weighted by molar-refractivity contribution is 0.0116. The maximum Gasteiger partial charge on any atom is 0.194 e. The lowest BCUT2D eigenvalue weighted by atomic mass is 9.79. The number of benzene rings is 1. The van der Waals surface area contributed by atoms with Gasteiger partial charge in [-0.05, 0) is 12.8 Å². The van der Waals surface area contributed by atoms with Gasteiger partial charge in [-0.3, -0.25) is 4.79 Å². The zero-order valence-corrected chi connectivity index (χ0v) is 8.78. The van der Waals surface area contributed by atoms with Gasteiger partial charge in [0, 0.05) is 5.56 Å². The second-order valence-electron chi connectivity index (χ2n) is 4.29. The van der Waals surface area contributed by atoms with Crippen LogP contribution in [0.5, 0.6) is 0 Å². The maximum absolute atomic E-state index is 12.1. The number of rotatable bonds is 2. The molecule has 1 aliphatic carbocycles. The van der Waals surface area contributed by atoms with Crippen LogP contribution in [0.2, 0.25) is 0 Å². The fourth-order valence-electron chi connectivity index (χ4n) is 2.22. The molecule has 16 heavy (non-hydrogen) atoms. The first-order chi connectivity index (χ1) is 7.22. The summed E-state index contributed by atoms with van der Waals surface area (Å²) in [6, 6.07) is 9.09. The largest absolute Gasteiger partial charge is 0.382 e. The maximum atomic E-state index is 12.1. The second kappa shape index (κ2) is 5.26. The first kappa shape index (κ1) is 12.9. The van der Waals surface area contributed by atoms with Crippen LogP contribution in [0.1, 0.15) is 49.9 Å². The number of ketones is 1. The van der Waals surface area contributed by atoms with E-state index in [1.807, 2.05) is 18.2 Å². The van der Waals surface area contributed by atoms with Gasteiger partial charge in [0.05, 0.1) is 0 Å². The van der Waals surface area contributed by atoms with E-state index in [4.69, 9.17) is 0 Å². The van der Waals surface area contributed by atoms with Gasteiger partial charge in [-0.2, -0.15) is 0 Å². The second-order valence-corrected chi connectivity index (χ2v) is 4.29. The molecule has 1 aromatic rings. The fourth-order valence-corrected chi connectivity index (χ4v) is 2.22. The van der Waals surface area contributed by atoms with E-state index in [-0.39, 0.29) is 13.2 Å². The highest BCUT2D eigenvalue weighted by molar-refractivity contribution is 6.02. The van der Waals surface area contributed by atoms with Crippen molar-refractivity contribution in [3.63, 3.8) is 0 Å². The molecule has 0 heterocycles. The van der Waals surface area contributed by atoms with E-state index >= 15 is 0 Å². The molecule has 0 aliphatic heterocycles. The molecular formula is C14H20O2. The van der Waals surface area contributed by atoms with Crippen LogP contribution in [-0.2, 0) is 0 Å². The molecule has 1 saturated carbocycles. The molecule has 0 radical (unpaired) electrons. The van der Waals surface area contributed by atoms with E-state index in [1.165, 1.54) is 0 Å². The number of Topliss-reactive ketones (excluding diaryl/α,β-unsaturated/α-hetero) is 1. The van der Waals surface area contributed by atoms with Crippen LogP contribution in [0, 0.1) is 0 Å². The van der Waals surface area contributed by atoms with Gasteiger partial charge in [0.1, 0.15) is 5.60 Å². The average Bonchev–Trinajstić information content (AvgIpc) is 2.30. The van der Waals surface area contributed by atoms with Gasteiger partial charge in [0.15, 0.2) is 5.78 Å². The Balaban J connectivity index is 0.00000128. The Hall–Kier alpha value is -1.15. The first-order valence-corrected chi connectivity index (χ1v) is 5.55. The Morgan fingerprint density at radius 1 is 1.06 bits per heavy atom. The summed E-state index contributed by atoms with van der Waals surface area (Å²) in [7, 11) is 0. The minimum atomic E-state index is -1.10. The Bertz CT molecular complexity index is 337. The SMILES string of the molecule is C.O=C(c1ccccc1)C1(O)CCCCC1. The molecule has 0 atom stereocenters. The Morgan fingerprint density at radius 3 is 2.19 bits per heavy atom. The molecular weight excluding hydrogens is 200 g/mol. The average molecular weight is 220 g/mol. The van der Waals surface area contributed by atoms with Gasteiger partial charge in [-0.15, -0.1) is 0 Å². The predicted molar refractivity (Wildman–Crippen MR) is 65.5 cm³/mol. The van der Waals surface area contributed by atoms with E-state index in [2.05, 4.69) is 0 Å². The Labute approximate surface area is 97.3 Å². The fraction of sp³-hybridized carbons (Fsp3) is 0.500. The number of aliphatic hydroxyl groups is 1. The number of hydrogen-bond donors (Lipinski definition) is 1. The molecule has 0 bridgehead atoms. The smallest absolute Gasteiger partial charge is 0.194 e. The van der Waals surface area contributed by atoms with Crippen molar-refractivity contribution in [2.24, 2.45) is 0 Å². The van der Waals surface area contributed by atoms with Crippen LogP contribution in [0.25, 0.3) is 0 Å². The molecule has 1 aromatic carbocycles. The van der Waals surface area contributed by atoms with Crippen LogP contribution in [0.3, 0.4) is 0 Å². The summed E-state index contributed by atoms with van der Waals surface area (Å²) in [5.41, 5.74) is -0.471. The van der Waals surface area contributed by atoms with Crippen molar-refractivity contribution in [1.29, 1.82) is 0 Å². The summed E-state index contributed by atoms with van der Waals surface area (Å²) < 4.78 is 0. The predicted octanol–water partition coefficient (Wildman–Crippen LogP) is 3.20. The summed E-state index contributed by atoms with van der Waals surface area (Å²) in [6.45, 7) is 0. The molecule has 0 amide bonds. The zero-order chi connectivity index (χ0) is 10.7. The molecule has 2 nitrogen and oxygen atoms in total. The Morgan fingerprint density at radius 2 is 1.62 bits per heavy atom. The van der Waals surface area contributed by atoms with Crippen molar-refractivity contribution in [2.45, 2.75) is 45.1 Å². The summed E-state index contributed by atoms with van der Waals surface area (Å²) in [6.07, 6.45) is 4.26. The van der Waals surface area contributed by atoms with Crippen LogP contribution in [0.4, 0.5) is 0 Å². The van der Waals surface area contributed by atoms with Crippen LogP contribution < -0.4 is 0 Å². The van der Waals surface area contributed by atoms with Crippen LogP contribution in [0.15, 0.2) is 30.3 Å². The van der Waals surface area contributed by atoms with Crippen molar-refractivity contribution < 1.29 is 9.90 Å². The van der Waals surface area contributed by atoms with Gasteiger partial charge in [-0.25, -0.2) is 0 Å². The Kier molecular flexibility index (Phi) is 4.25. The van der Waals surface area contributed by atoms with E-state index in [0.717, 1.165) is 19.3 Å². The molecule has 0 aromatic heterocycles. The molecule has 2 heteroatoms. The van der Waals surface area contributed by atoms with Crippen molar-refractivity contribution in [1.82, 2.24) is 0 Å². The van der Waals surface area contributed by atoms with Gasteiger partial charge < -0.3 is 5.11 Å². The van der Waals surface area contributed by atoms with Crippen molar-refractivity contribution in [3.8, 4) is 0 Å². The molecule has 88 valence electrons. The van der Waals surface area contributed by atoms with E-state index in [1.54, 1.807) is 12.1 Å². The normalized spacial score (nSPS) is 18.6. The van der Waals surface area contributed by atoms with Crippen molar-refractivity contribution >= 4 is 5.78 Å². The highest BCUT2D eigenvalue weighted by atomic mass is 16.3. The van der Waals surface area contributed by atoms with Crippen LogP contribution >= 0.6 is 0 Å². The lowest BCUT2D eigenvalue weighted by Crippen LogP contribution is -2.40. The van der Waals surface area contributed by atoms with E-state index < -0.39 is 5.60 Å². The topological polar surface area (TPSA) is 37.3 Å². The monoisotopic (exact) mass is 220 g/mol. The standard InChI is InChI=1S/C13H16O2.CH4/c14-12(11-7-3-1-4-8-11)13(15)9-5-2-6-10-13;/h1,3-4,7-8,15H,2,5-6,9-10H2;1H4. The van der Waals surface area contributed by atoms with Gasteiger partial charge in [0.25, 0.3) is 0 Å². The first-order valence-electron chi connectivity index (χ1n) is 5.55. The molecule has 1 fully saturated rings. The quantitative estimate of drug-likeness (QED) is 0.777. The third-order valence-electron chi connectivity index (χ3n) is 3.14. The highest BCUT2D eigenvalue weighted by Gasteiger charge is 2.37. The van der Waals surface area contributed by atoms with Crippen molar-refractivity contribution in [3.05, 3.63) is 35.9 Å². The summed E-state index contributed by atoms with van der Waals surface area (Å²) >= 11 is 0. The van der Waals surface area contributed by atoms with Crippen LogP contribution in [-0.4, -0.2) is 16.5 Å². The minimum absolute atomic E-state index is 0. The summed E-state index contributed by atoms with van der Waals surface area (Å²) in [5.74, 6) is -0.109. The summed E-state index contributed by atoms with van der Waals surface area (Å²) in [5, 5.41) is 10.2. The number of carbonyl (C=O) groups excluding carboxylic acids is 1. The van der Waals surface area contributed by atoms with Gasteiger partial charge >= 0.3 is 0 Å². The molecule has 2 rings (SSSR count). The zero-order valence-electron chi connectivity index (χ0n) is 8.78.